The van der Waals surface area contributed by atoms with Crippen molar-refractivity contribution in [3.8, 4) is 0 Å². The highest BCUT2D eigenvalue weighted by molar-refractivity contribution is 8.09. The van der Waals surface area contributed by atoms with Gasteiger partial charge in [-0.2, -0.15) is 0 Å². The molecule has 2 nitrogen and oxygen atoms in total. The molecule has 0 aliphatic heterocycles. The number of unbranched alkanes of at least 4 members (excludes halogenated alkanes) is 6. The lowest BCUT2D eigenvalue weighted by Gasteiger charge is -2.09. The molecule has 1 atom stereocenters. The minimum absolute atomic E-state index is 0.623. The van der Waals surface area contributed by atoms with Crippen molar-refractivity contribution in [1.82, 2.24) is 0 Å². The van der Waals surface area contributed by atoms with Gasteiger partial charge in [0, 0.05) is 6.66 Å². The van der Waals surface area contributed by atoms with E-state index in [2.05, 4.69) is 6.92 Å². The van der Waals surface area contributed by atoms with E-state index in [1.807, 2.05) is 0 Å². The van der Waals surface area contributed by atoms with E-state index in [9.17, 15) is 4.89 Å². The molecule has 1 N–H and O–H groups in total. The predicted molar refractivity (Wildman–Crippen MR) is 66.4 cm³/mol. The van der Waals surface area contributed by atoms with Gasteiger partial charge in [-0.1, -0.05) is 45.4 Å². The third kappa shape index (κ3) is 12.6. The molecule has 0 aromatic heterocycles. The first-order chi connectivity index (χ1) is 6.56. The summed E-state index contributed by atoms with van der Waals surface area (Å²) in [5, 5.41) is 0. The van der Waals surface area contributed by atoms with Gasteiger partial charge in [0.25, 0.3) is 0 Å². The van der Waals surface area contributed by atoms with Gasteiger partial charge in [0.15, 0.2) is 6.49 Å². The average molecular weight is 238 g/mol. The highest BCUT2D eigenvalue weighted by atomic mass is 32.5. The van der Waals surface area contributed by atoms with Crippen molar-refractivity contribution in [2.75, 3.05) is 13.3 Å². The Morgan fingerprint density at radius 3 is 2.07 bits per heavy atom. The van der Waals surface area contributed by atoms with Gasteiger partial charge in [0.1, 0.15) is 0 Å². The van der Waals surface area contributed by atoms with Crippen LogP contribution in [0.1, 0.15) is 51.9 Å². The van der Waals surface area contributed by atoms with Gasteiger partial charge in [0.05, 0.1) is 6.61 Å². The maximum atomic E-state index is 9.19. The van der Waals surface area contributed by atoms with Crippen LogP contribution in [0.15, 0.2) is 0 Å². The first-order valence-corrected chi connectivity index (χ1v) is 8.63. The van der Waals surface area contributed by atoms with Gasteiger partial charge in [-0.15, -0.1) is 0 Å². The Morgan fingerprint density at radius 1 is 1.07 bits per heavy atom. The Morgan fingerprint density at radius 2 is 1.57 bits per heavy atom. The molecule has 0 rings (SSSR count). The predicted octanol–water partition coefficient (Wildman–Crippen LogP) is 3.69. The average Bonchev–Trinajstić information content (AvgIpc) is 2.08. The van der Waals surface area contributed by atoms with Crippen LogP contribution in [0.3, 0.4) is 0 Å². The maximum absolute atomic E-state index is 9.19. The minimum Gasteiger partial charge on any atom is -0.345 e. The van der Waals surface area contributed by atoms with E-state index in [-0.39, 0.29) is 0 Å². The molecule has 0 aromatic carbocycles. The Balaban J connectivity index is 3.03. The lowest BCUT2D eigenvalue weighted by atomic mass is 10.1. The van der Waals surface area contributed by atoms with Gasteiger partial charge in [-0.25, -0.2) is 0 Å². The van der Waals surface area contributed by atoms with Crippen LogP contribution in [-0.2, 0) is 16.3 Å². The fraction of sp³-hybridized carbons (Fsp3) is 1.00. The molecule has 0 aliphatic rings. The van der Waals surface area contributed by atoms with E-state index < -0.39 is 6.49 Å². The third-order valence-corrected chi connectivity index (χ3v) is 3.06. The summed E-state index contributed by atoms with van der Waals surface area (Å²) in [6.07, 6.45) is 8.82. The Labute approximate surface area is 93.2 Å². The zero-order chi connectivity index (χ0) is 10.9. The van der Waals surface area contributed by atoms with Crippen LogP contribution in [0, 0.1) is 0 Å². The molecule has 0 bridgehead atoms. The second kappa shape index (κ2) is 8.84. The summed E-state index contributed by atoms with van der Waals surface area (Å²) >= 11 is 4.76. The molecule has 0 aliphatic carbocycles. The summed E-state index contributed by atoms with van der Waals surface area (Å²) in [7, 11) is 0. The number of rotatable bonds is 9. The number of hydrogen-bond acceptors (Lipinski definition) is 2. The Kier molecular flexibility index (Phi) is 9.20. The summed E-state index contributed by atoms with van der Waals surface area (Å²) in [6, 6.07) is 0. The number of hydrogen-bond donors (Lipinski definition) is 1. The molecule has 0 amide bonds. The molecule has 0 aromatic rings. The quantitative estimate of drug-likeness (QED) is 0.491. The van der Waals surface area contributed by atoms with Gasteiger partial charge >= 0.3 is 0 Å². The Bertz CT molecular complexity index is 168. The minimum atomic E-state index is -2.40. The molecule has 1 unspecified atom stereocenters. The van der Waals surface area contributed by atoms with Gasteiger partial charge in [0.2, 0.25) is 0 Å². The van der Waals surface area contributed by atoms with Crippen LogP contribution >= 0.6 is 6.49 Å². The third-order valence-electron chi connectivity index (χ3n) is 2.08. The summed E-state index contributed by atoms with van der Waals surface area (Å²) in [4.78, 5) is 9.19. The zero-order valence-electron chi connectivity index (χ0n) is 9.37. The van der Waals surface area contributed by atoms with Gasteiger partial charge in [-0.3, -0.25) is 0 Å². The van der Waals surface area contributed by atoms with Crippen molar-refractivity contribution >= 4 is 18.3 Å². The van der Waals surface area contributed by atoms with Crippen molar-refractivity contribution in [1.29, 1.82) is 0 Å². The summed E-state index contributed by atoms with van der Waals surface area (Å²) in [5.41, 5.74) is 0. The lowest BCUT2D eigenvalue weighted by Crippen LogP contribution is -1.91. The van der Waals surface area contributed by atoms with Gasteiger partial charge < -0.3 is 9.42 Å². The molecular weight excluding hydrogens is 215 g/mol. The highest BCUT2D eigenvalue weighted by Crippen LogP contribution is 2.37. The molecule has 0 radical (unpaired) electrons. The molecule has 0 saturated carbocycles. The monoisotopic (exact) mass is 238 g/mol. The first-order valence-electron chi connectivity index (χ1n) is 5.51. The normalized spacial score (nSPS) is 15.4. The van der Waals surface area contributed by atoms with Crippen LogP contribution in [0.25, 0.3) is 0 Å². The lowest BCUT2D eigenvalue weighted by molar-refractivity contribution is 0.299. The van der Waals surface area contributed by atoms with E-state index in [0.717, 1.165) is 6.42 Å². The summed E-state index contributed by atoms with van der Waals surface area (Å²) < 4.78 is 5.14. The molecule has 14 heavy (non-hydrogen) atoms. The van der Waals surface area contributed by atoms with Crippen molar-refractivity contribution < 1.29 is 9.42 Å². The van der Waals surface area contributed by atoms with Crippen molar-refractivity contribution in [2.24, 2.45) is 0 Å². The Hall–Kier alpha value is 0.570. The van der Waals surface area contributed by atoms with Crippen molar-refractivity contribution in [3.63, 3.8) is 0 Å². The van der Waals surface area contributed by atoms with E-state index in [0.29, 0.717) is 6.61 Å². The maximum Gasteiger partial charge on any atom is 0.183 e. The molecule has 86 valence electrons. The second-order valence-corrected chi connectivity index (χ2v) is 7.65. The van der Waals surface area contributed by atoms with E-state index >= 15 is 0 Å². The van der Waals surface area contributed by atoms with Crippen LogP contribution in [0.4, 0.5) is 0 Å². The molecular formula is C10H23O2PS. The van der Waals surface area contributed by atoms with Gasteiger partial charge in [-0.05, 0) is 18.2 Å². The molecule has 0 fully saturated rings. The van der Waals surface area contributed by atoms with Crippen LogP contribution in [-0.4, -0.2) is 18.2 Å². The van der Waals surface area contributed by atoms with Crippen molar-refractivity contribution in [2.45, 2.75) is 51.9 Å². The highest BCUT2D eigenvalue weighted by Gasteiger charge is 2.02. The SMILES string of the molecule is CCCCCCCCCOP(C)(O)=S. The van der Waals surface area contributed by atoms with Crippen LogP contribution in [0.5, 0.6) is 0 Å². The summed E-state index contributed by atoms with van der Waals surface area (Å²) in [5.74, 6) is 0. The zero-order valence-corrected chi connectivity index (χ0v) is 11.1. The van der Waals surface area contributed by atoms with Crippen molar-refractivity contribution in [3.05, 3.63) is 0 Å². The standard InChI is InChI=1S/C10H23O2PS/c1-3-4-5-6-7-8-9-10-12-13(2,11)14/h3-10H2,1-2H3,(H,11,14). The first kappa shape index (κ1) is 14.6. The second-order valence-electron chi connectivity index (χ2n) is 3.76. The van der Waals surface area contributed by atoms with Crippen LogP contribution in [0.2, 0.25) is 0 Å². The largest absolute Gasteiger partial charge is 0.345 e. The summed E-state index contributed by atoms with van der Waals surface area (Å²) in [6.45, 7) is 2.05. The van der Waals surface area contributed by atoms with Crippen LogP contribution < -0.4 is 0 Å². The fourth-order valence-electron chi connectivity index (χ4n) is 1.29. The van der Waals surface area contributed by atoms with E-state index in [1.54, 1.807) is 6.66 Å². The van der Waals surface area contributed by atoms with E-state index in [4.69, 9.17) is 16.3 Å². The topological polar surface area (TPSA) is 29.5 Å². The molecule has 0 spiro atoms. The molecule has 0 saturated heterocycles. The molecule has 4 heteroatoms. The molecule has 0 heterocycles. The fourth-order valence-corrected chi connectivity index (χ4v) is 1.98. The van der Waals surface area contributed by atoms with E-state index in [1.165, 1.54) is 38.5 Å². The smallest absolute Gasteiger partial charge is 0.183 e.